The van der Waals surface area contributed by atoms with Gasteiger partial charge in [-0.15, -0.1) is 0 Å². The Bertz CT molecular complexity index is 542. The minimum atomic E-state index is 0.149. The van der Waals surface area contributed by atoms with Crippen molar-refractivity contribution < 1.29 is 19.0 Å². The van der Waals surface area contributed by atoms with Crippen molar-refractivity contribution in [1.29, 1.82) is 0 Å². The number of hydrogen-bond donors (Lipinski definition) is 1. The van der Waals surface area contributed by atoms with Crippen molar-refractivity contribution in [1.82, 2.24) is 10.2 Å². The standard InChI is InChI=1S/C17H26N2O4/c1-19(13-9-10-18-11-13)15(20)8-6-12-5-7-14(21-2)17(23-4)16(12)22-3/h5,7,13,18H,6,8-11H2,1-4H3. The van der Waals surface area contributed by atoms with E-state index in [1.165, 1.54) is 0 Å². The molecule has 0 aromatic heterocycles. The highest BCUT2D eigenvalue weighted by molar-refractivity contribution is 5.76. The van der Waals surface area contributed by atoms with Crippen molar-refractivity contribution in [2.24, 2.45) is 0 Å². The molecule has 1 saturated heterocycles. The minimum absolute atomic E-state index is 0.149. The molecule has 1 aromatic carbocycles. The lowest BCUT2D eigenvalue weighted by Crippen LogP contribution is -2.38. The highest BCUT2D eigenvalue weighted by atomic mass is 16.5. The van der Waals surface area contributed by atoms with E-state index < -0.39 is 0 Å². The van der Waals surface area contributed by atoms with Crippen LogP contribution in [0.2, 0.25) is 0 Å². The molecule has 0 spiro atoms. The molecule has 1 unspecified atom stereocenters. The number of amides is 1. The summed E-state index contributed by atoms with van der Waals surface area (Å²) in [6.45, 7) is 1.85. The molecule has 0 saturated carbocycles. The largest absolute Gasteiger partial charge is 0.493 e. The molecule has 6 nitrogen and oxygen atoms in total. The fraction of sp³-hybridized carbons (Fsp3) is 0.588. The van der Waals surface area contributed by atoms with Crippen LogP contribution in [0.5, 0.6) is 17.2 Å². The summed E-state index contributed by atoms with van der Waals surface area (Å²) in [5.41, 5.74) is 0.941. The van der Waals surface area contributed by atoms with Gasteiger partial charge < -0.3 is 24.4 Å². The van der Waals surface area contributed by atoms with Gasteiger partial charge in [-0.05, 0) is 31.0 Å². The summed E-state index contributed by atoms with van der Waals surface area (Å²) in [7, 11) is 6.64. The summed E-state index contributed by atoms with van der Waals surface area (Å²) in [6, 6.07) is 4.06. The Hall–Kier alpha value is -1.95. The van der Waals surface area contributed by atoms with Gasteiger partial charge in [-0.3, -0.25) is 4.79 Å². The Kier molecular flexibility index (Phi) is 6.10. The summed E-state index contributed by atoms with van der Waals surface area (Å²) in [4.78, 5) is 14.2. The second-order valence-electron chi connectivity index (χ2n) is 5.64. The Morgan fingerprint density at radius 2 is 1.96 bits per heavy atom. The minimum Gasteiger partial charge on any atom is -0.493 e. The van der Waals surface area contributed by atoms with Crippen LogP contribution in [0, 0.1) is 0 Å². The molecule has 6 heteroatoms. The molecule has 2 rings (SSSR count). The van der Waals surface area contributed by atoms with E-state index in [4.69, 9.17) is 14.2 Å². The first kappa shape index (κ1) is 17.4. The lowest BCUT2D eigenvalue weighted by molar-refractivity contribution is -0.131. The first-order chi connectivity index (χ1) is 11.1. The van der Waals surface area contributed by atoms with Gasteiger partial charge in [-0.25, -0.2) is 0 Å². The number of methoxy groups -OCH3 is 3. The Morgan fingerprint density at radius 1 is 1.22 bits per heavy atom. The number of carbonyl (C=O) groups excluding carboxylic acids is 1. The van der Waals surface area contributed by atoms with E-state index in [2.05, 4.69) is 5.32 Å². The molecule has 1 aromatic rings. The van der Waals surface area contributed by atoms with Crippen LogP contribution in [-0.2, 0) is 11.2 Å². The molecule has 0 bridgehead atoms. The summed E-state index contributed by atoms with van der Waals surface area (Å²) < 4.78 is 16.1. The number of nitrogens with one attached hydrogen (secondary N) is 1. The molecular formula is C17H26N2O4. The number of benzene rings is 1. The van der Waals surface area contributed by atoms with Crippen LogP contribution in [0.4, 0.5) is 0 Å². The van der Waals surface area contributed by atoms with Crippen molar-refractivity contribution >= 4 is 5.91 Å². The molecule has 23 heavy (non-hydrogen) atoms. The number of carbonyl (C=O) groups is 1. The Balaban J connectivity index is 2.06. The maximum absolute atomic E-state index is 12.4. The van der Waals surface area contributed by atoms with Gasteiger partial charge in [0.05, 0.1) is 21.3 Å². The average molecular weight is 322 g/mol. The number of aryl methyl sites for hydroxylation is 1. The van der Waals surface area contributed by atoms with Crippen molar-refractivity contribution in [2.45, 2.75) is 25.3 Å². The number of nitrogens with zero attached hydrogens (tertiary/aromatic N) is 1. The normalized spacial score (nSPS) is 17.0. The zero-order chi connectivity index (χ0) is 16.8. The summed E-state index contributed by atoms with van der Waals surface area (Å²) in [5, 5.41) is 3.28. The van der Waals surface area contributed by atoms with Gasteiger partial charge in [0.25, 0.3) is 0 Å². The third kappa shape index (κ3) is 3.88. The lowest BCUT2D eigenvalue weighted by Gasteiger charge is -2.24. The van der Waals surface area contributed by atoms with Gasteiger partial charge in [-0.1, -0.05) is 6.07 Å². The predicted octanol–water partition coefficient (Wildman–Crippen LogP) is 1.47. The van der Waals surface area contributed by atoms with Crippen LogP contribution in [-0.4, -0.2) is 58.3 Å². The van der Waals surface area contributed by atoms with Crippen molar-refractivity contribution in [3.05, 3.63) is 17.7 Å². The van der Waals surface area contributed by atoms with Gasteiger partial charge in [0.15, 0.2) is 11.5 Å². The number of ether oxygens (including phenoxy) is 3. The van der Waals surface area contributed by atoms with E-state index in [9.17, 15) is 4.79 Å². The maximum Gasteiger partial charge on any atom is 0.222 e. The van der Waals surface area contributed by atoms with Gasteiger partial charge in [-0.2, -0.15) is 0 Å². The van der Waals surface area contributed by atoms with Crippen LogP contribution in [0.1, 0.15) is 18.4 Å². The Labute approximate surface area is 137 Å². The number of likely N-dealkylation sites (N-methyl/N-ethyl adjacent to an activating group) is 1. The fourth-order valence-electron chi connectivity index (χ4n) is 2.95. The third-order valence-electron chi connectivity index (χ3n) is 4.37. The highest BCUT2D eigenvalue weighted by Crippen LogP contribution is 2.40. The fourth-order valence-corrected chi connectivity index (χ4v) is 2.95. The molecule has 1 aliphatic heterocycles. The number of hydrogen-bond acceptors (Lipinski definition) is 5. The third-order valence-corrected chi connectivity index (χ3v) is 4.37. The molecule has 1 atom stereocenters. The summed E-state index contributed by atoms with van der Waals surface area (Å²) in [6.07, 6.45) is 2.06. The smallest absolute Gasteiger partial charge is 0.222 e. The Morgan fingerprint density at radius 3 is 2.52 bits per heavy atom. The van der Waals surface area contributed by atoms with Crippen molar-refractivity contribution in [3.63, 3.8) is 0 Å². The number of rotatable bonds is 7. The topological polar surface area (TPSA) is 60.0 Å². The first-order valence-electron chi connectivity index (χ1n) is 7.86. The van der Waals surface area contributed by atoms with Gasteiger partial charge in [0.2, 0.25) is 11.7 Å². The summed E-state index contributed by atoms with van der Waals surface area (Å²) in [5.74, 6) is 1.96. The molecule has 0 aliphatic carbocycles. The molecule has 1 N–H and O–H groups in total. The molecule has 128 valence electrons. The van der Waals surface area contributed by atoms with Crippen LogP contribution >= 0.6 is 0 Å². The van der Waals surface area contributed by atoms with Crippen LogP contribution in [0.15, 0.2) is 12.1 Å². The molecular weight excluding hydrogens is 296 g/mol. The second-order valence-corrected chi connectivity index (χ2v) is 5.64. The molecule has 1 fully saturated rings. The van der Waals surface area contributed by atoms with Crippen molar-refractivity contribution in [2.75, 3.05) is 41.5 Å². The summed E-state index contributed by atoms with van der Waals surface area (Å²) >= 11 is 0. The SMILES string of the molecule is COc1ccc(CCC(=O)N(C)C2CCNC2)c(OC)c1OC. The monoisotopic (exact) mass is 322 g/mol. The zero-order valence-corrected chi connectivity index (χ0v) is 14.3. The molecule has 1 heterocycles. The van der Waals surface area contributed by atoms with Gasteiger partial charge in [0.1, 0.15) is 0 Å². The van der Waals surface area contributed by atoms with E-state index in [0.717, 1.165) is 25.1 Å². The van der Waals surface area contributed by atoms with E-state index in [1.54, 1.807) is 21.3 Å². The van der Waals surface area contributed by atoms with E-state index in [-0.39, 0.29) is 5.91 Å². The predicted molar refractivity (Wildman–Crippen MR) is 88.5 cm³/mol. The van der Waals surface area contributed by atoms with Gasteiger partial charge >= 0.3 is 0 Å². The van der Waals surface area contributed by atoms with Gasteiger partial charge in [0, 0.05) is 26.1 Å². The van der Waals surface area contributed by atoms with Crippen LogP contribution < -0.4 is 19.5 Å². The van der Waals surface area contributed by atoms with Crippen molar-refractivity contribution in [3.8, 4) is 17.2 Å². The van der Waals surface area contributed by atoms with E-state index >= 15 is 0 Å². The zero-order valence-electron chi connectivity index (χ0n) is 14.3. The highest BCUT2D eigenvalue weighted by Gasteiger charge is 2.23. The van der Waals surface area contributed by atoms with E-state index in [1.807, 2.05) is 24.1 Å². The molecule has 1 amide bonds. The molecule has 0 radical (unpaired) electrons. The maximum atomic E-state index is 12.4. The van der Waals surface area contributed by atoms with E-state index in [0.29, 0.717) is 36.1 Å². The quantitative estimate of drug-likeness (QED) is 0.824. The second kappa shape index (κ2) is 8.06. The molecule has 1 aliphatic rings. The van der Waals surface area contributed by atoms with Crippen LogP contribution in [0.3, 0.4) is 0 Å². The van der Waals surface area contributed by atoms with Crippen LogP contribution in [0.25, 0.3) is 0 Å². The average Bonchev–Trinajstić information content (AvgIpc) is 3.12. The lowest BCUT2D eigenvalue weighted by atomic mass is 10.1. The first-order valence-corrected chi connectivity index (χ1v) is 7.86.